The Balaban J connectivity index is 2.10. The first-order chi connectivity index (χ1) is 8.70. The summed E-state index contributed by atoms with van der Waals surface area (Å²) in [5.74, 6) is 0.645. The SMILES string of the molecule is O=Cc1cc(OC2CCCCCC2O)ccc1Br. The highest BCUT2D eigenvalue weighted by Gasteiger charge is 2.23. The molecule has 4 heteroatoms. The largest absolute Gasteiger partial charge is 0.488 e. The molecule has 1 N–H and O–H groups in total. The van der Waals surface area contributed by atoms with E-state index in [0.717, 1.165) is 42.9 Å². The van der Waals surface area contributed by atoms with Crippen LogP contribution in [0.2, 0.25) is 0 Å². The minimum atomic E-state index is -0.407. The molecule has 1 aromatic carbocycles. The second-order valence-electron chi connectivity index (χ2n) is 4.66. The van der Waals surface area contributed by atoms with Crippen molar-refractivity contribution in [2.75, 3.05) is 0 Å². The van der Waals surface area contributed by atoms with Gasteiger partial charge in [0, 0.05) is 10.0 Å². The van der Waals surface area contributed by atoms with Crippen LogP contribution in [0.1, 0.15) is 42.5 Å². The number of carbonyl (C=O) groups is 1. The molecule has 1 aliphatic rings. The van der Waals surface area contributed by atoms with Crippen molar-refractivity contribution in [2.24, 2.45) is 0 Å². The van der Waals surface area contributed by atoms with E-state index >= 15 is 0 Å². The van der Waals surface area contributed by atoms with Crippen molar-refractivity contribution in [3.63, 3.8) is 0 Å². The van der Waals surface area contributed by atoms with Crippen LogP contribution in [0, 0.1) is 0 Å². The van der Waals surface area contributed by atoms with E-state index in [1.165, 1.54) is 0 Å². The average Bonchev–Trinajstić information content (AvgIpc) is 2.57. The van der Waals surface area contributed by atoms with Gasteiger partial charge in [0.15, 0.2) is 6.29 Å². The number of aliphatic hydroxyl groups is 1. The van der Waals surface area contributed by atoms with Crippen molar-refractivity contribution in [3.05, 3.63) is 28.2 Å². The molecule has 0 heterocycles. The van der Waals surface area contributed by atoms with Gasteiger partial charge in [-0.1, -0.05) is 28.8 Å². The molecule has 2 atom stereocenters. The van der Waals surface area contributed by atoms with Crippen LogP contribution in [0.4, 0.5) is 0 Å². The van der Waals surface area contributed by atoms with Gasteiger partial charge in [-0.15, -0.1) is 0 Å². The Kier molecular flexibility index (Phi) is 4.78. The van der Waals surface area contributed by atoms with Crippen LogP contribution in [-0.2, 0) is 0 Å². The van der Waals surface area contributed by atoms with Gasteiger partial charge in [0.2, 0.25) is 0 Å². The van der Waals surface area contributed by atoms with Crippen LogP contribution < -0.4 is 4.74 Å². The zero-order chi connectivity index (χ0) is 13.0. The highest BCUT2D eigenvalue weighted by atomic mass is 79.9. The van der Waals surface area contributed by atoms with Crippen LogP contribution in [0.5, 0.6) is 5.75 Å². The third-order valence-corrected chi connectivity index (χ3v) is 4.02. The molecule has 1 aliphatic carbocycles. The molecular formula is C14H17BrO3. The van der Waals surface area contributed by atoms with E-state index in [1.807, 2.05) is 6.07 Å². The number of hydrogen-bond acceptors (Lipinski definition) is 3. The van der Waals surface area contributed by atoms with E-state index in [9.17, 15) is 9.90 Å². The first-order valence-electron chi connectivity index (χ1n) is 6.30. The lowest BCUT2D eigenvalue weighted by molar-refractivity contribution is 0.0319. The maximum atomic E-state index is 10.9. The second-order valence-corrected chi connectivity index (χ2v) is 5.52. The molecule has 0 radical (unpaired) electrons. The minimum Gasteiger partial charge on any atom is -0.488 e. The van der Waals surface area contributed by atoms with Crippen molar-refractivity contribution in [3.8, 4) is 5.75 Å². The quantitative estimate of drug-likeness (QED) is 0.688. The van der Waals surface area contributed by atoms with Crippen molar-refractivity contribution >= 4 is 22.2 Å². The number of carbonyl (C=O) groups excluding carboxylic acids is 1. The number of hydrogen-bond donors (Lipinski definition) is 1. The summed E-state index contributed by atoms with van der Waals surface area (Å²) < 4.78 is 6.57. The Morgan fingerprint density at radius 1 is 1.28 bits per heavy atom. The molecule has 0 aliphatic heterocycles. The Morgan fingerprint density at radius 3 is 2.83 bits per heavy atom. The number of aliphatic hydroxyl groups excluding tert-OH is 1. The third kappa shape index (κ3) is 3.33. The molecule has 2 unspecified atom stereocenters. The van der Waals surface area contributed by atoms with Gasteiger partial charge in [0.25, 0.3) is 0 Å². The fraction of sp³-hybridized carbons (Fsp3) is 0.500. The average molecular weight is 313 g/mol. The molecule has 2 rings (SSSR count). The highest BCUT2D eigenvalue weighted by Crippen LogP contribution is 2.26. The lowest BCUT2D eigenvalue weighted by atomic mass is 10.1. The molecule has 3 nitrogen and oxygen atoms in total. The van der Waals surface area contributed by atoms with Gasteiger partial charge in [-0.25, -0.2) is 0 Å². The summed E-state index contributed by atoms with van der Waals surface area (Å²) in [5, 5.41) is 9.99. The van der Waals surface area contributed by atoms with Crippen molar-refractivity contribution in [1.29, 1.82) is 0 Å². The molecule has 0 spiro atoms. The summed E-state index contributed by atoms with van der Waals surface area (Å²) in [7, 11) is 0. The Morgan fingerprint density at radius 2 is 2.06 bits per heavy atom. The number of rotatable bonds is 3. The molecule has 18 heavy (non-hydrogen) atoms. The summed E-state index contributed by atoms with van der Waals surface area (Å²) in [4.78, 5) is 10.9. The van der Waals surface area contributed by atoms with Gasteiger partial charge in [-0.05, 0) is 37.5 Å². The zero-order valence-corrected chi connectivity index (χ0v) is 11.7. The molecule has 0 amide bonds. The summed E-state index contributed by atoms with van der Waals surface area (Å²) in [5.41, 5.74) is 0.565. The van der Waals surface area contributed by atoms with Gasteiger partial charge in [-0.3, -0.25) is 4.79 Å². The monoisotopic (exact) mass is 312 g/mol. The highest BCUT2D eigenvalue weighted by molar-refractivity contribution is 9.10. The Hall–Kier alpha value is -0.870. The normalized spacial score (nSPS) is 24.3. The van der Waals surface area contributed by atoms with Crippen LogP contribution in [-0.4, -0.2) is 23.6 Å². The molecule has 0 aromatic heterocycles. The number of benzene rings is 1. The number of aldehydes is 1. The predicted octanol–water partition coefficient (Wildman–Crippen LogP) is 3.33. The Labute approximate surface area is 115 Å². The van der Waals surface area contributed by atoms with Gasteiger partial charge in [-0.2, -0.15) is 0 Å². The van der Waals surface area contributed by atoms with Gasteiger partial charge in [0.1, 0.15) is 11.9 Å². The topological polar surface area (TPSA) is 46.5 Å². The van der Waals surface area contributed by atoms with Crippen LogP contribution in [0.25, 0.3) is 0 Å². The van der Waals surface area contributed by atoms with E-state index < -0.39 is 6.10 Å². The third-order valence-electron chi connectivity index (χ3n) is 3.30. The second kappa shape index (κ2) is 6.34. The molecule has 1 aromatic rings. The van der Waals surface area contributed by atoms with E-state index in [2.05, 4.69) is 15.9 Å². The standard InChI is InChI=1S/C14H17BrO3/c15-12-7-6-11(8-10(12)9-16)18-14-5-3-1-2-4-13(14)17/h6-9,13-14,17H,1-5H2. The molecule has 0 saturated heterocycles. The lowest BCUT2D eigenvalue weighted by Gasteiger charge is -2.22. The summed E-state index contributed by atoms with van der Waals surface area (Å²) >= 11 is 3.30. The van der Waals surface area contributed by atoms with Crippen LogP contribution in [0.3, 0.4) is 0 Å². The van der Waals surface area contributed by atoms with Crippen molar-refractivity contribution in [2.45, 2.75) is 44.3 Å². The molecule has 1 saturated carbocycles. The molecule has 0 bridgehead atoms. The van der Waals surface area contributed by atoms with Gasteiger partial charge < -0.3 is 9.84 Å². The summed E-state index contributed by atoms with van der Waals surface area (Å²) in [6.07, 6.45) is 5.18. The first-order valence-corrected chi connectivity index (χ1v) is 7.09. The fourth-order valence-electron chi connectivity index (χ4n) is 2.25. The van der Waals surface area contributed by atoms with E-state index in [4.69, 9.17) is 4.74 Å². The van der Waals surface area contributed by atoms with E-state index in [1.54, 1.807) is 12.1 Å². The van der Waals surface area contributed by atoms with E-state index in [0.29, 0.717) is 11.3 Å². The summed E-state index contributed by atoms with van der Waals surface area (Å²) in [6, 6.07) is 5.31. The maximum absolute atomic E-state index is 10.9. The molecular weight excluding hydrogens is 296 g/mol. The maximum Gasteiger partial charge on any atom is 0.151 e. The minimum absolute atomic E-state index is 0.159. The van der Waals surface area contributed by atoms with Crippen LogP contribution >= 0.6 is 15.9 Å². The smallest absolute Gasteiger partial charge is 0.151 e. The number of ether oxygens (including phenoxy) is 1. The fourth-order valence-corrected chi connectivity index (χ4v) is 2.59. The molecule has 98 valence electrons. The first kappa shape index (κ1) is 13.6. The summed E-state index contributed by atoms with van der Waals surface area (Å²) in [6.45, 7) is 0. The van der Waals surface area contributed by atoms with Crippen molar-refractivity contribution < 1.29 is 14.6 Å². The molecule has 1 fully saturated rings. The van der Waals surface area contributed by atoms with Gasteiger partial charge in [0.05, 0.1) is 6.10 Å². The zero-order valence-electron chi connectivity index (χ0n) is 10.1. The lowest BCUT2D eigenvalue weighted by Crippen LogP contribution is -2.30. The number of halogens is 1. The van der Waals surface area contributed by atoms with E-state index in [-0.39, 0.29) is 6.10 Å². The van der Waals surface area contributed by atoms with Crippen LogP contribution in [0.15, 0.2) is 22.7 Å². The van der Waals surface area contributed by atoms with Gasteiger partial charge >= 0.3 is 0 Å². The van der Waals surface area contributed by atoms with Crippen molar-refractivity contribution in [1.82, 2.24) is 0 Å². The Bertz CT molecular complexity index is 420. The predicted molar refractivity (Wildman–Crippen MR) is 73.0 cm³/mol.